The van der Waals surface area contributed by atoms with Crippen LogP contribution >= 0.6 is 23.2 Å². The van der Waals surface area contributed by atoms with E-state index in [2.05, 4.69) is 23.3 Å². The molecule has 0 bridgehead atoms. The maximum Gasteiger partial charge on any atom is 0.0598 e. The zero-order valence-electron chi connectivity index (χ0n) is 10.8. The van der Waals surface area contributed by atoms with Crippen LogP contribution in [0, 0.1) is 0 Å². The Labute approximate surface area is 123 Å². The second kappa shape index (κ2) is 6.90. The van der Waals surface area contributed by atoms with Gasteiger partial charge in [0.1, 0.15) is 0 Å². The van der Waals surface area contributed by atoms with E-state index in [9.17, 15) is 0 Å². The van der Waals surface area contributed by atoms with Crippen molar-refractivity contribution in [1.82, 2.24) is 10.3 Å². The predicted octanol–water partition coefficient (Wildman–Crippen LogP) is 4.56. The number of benzene rings is 1. The van der Waals surface area contributed by atoms with Gasteiger partial charge in [0.05, 0.1) is 10.0 Å². The van der Waals surface area contributed by atoms with Gasteiger partial charge in [0, 0.05) is 24.5 Å². The molecule has 0 saturated heterocycles. The van der Waals surface area contributed by atoms with Crippen LogP contribution in [0.5, 0.6) is 0 Å². The summed E-state index contributed by atoms with van der Waals surface area (Å²) in [4.78, 5) is 4.28. The monoisotopic (exact) mass is 294 g/mol. The molecule has 2 nitrogen and oxygen atoms in total. The van der Waals surface area contributed by atoms with Gasteiger partial charge in [0.2, 0.25) is 0 Å². The van der Waals surface area contributed by atoms with Crippen molar-refractivity contribution in [3.05, 3.63) is 52.3 Å². The quantitative estimate of drug-likeness (QED) is 0.818. The van der Waals surface area contributed by atoms with Crippen molar-refractivity contribution in [3.8, 4) is 11.1 Å². The SMILES string of the molecule is CCCNCc1cncc(-c2ccc(Cl)c(Cl)c2)c1. The van der Waals surface area contributed by atoms with E-state index in [0.29, 0.717) is 10.0 Å². The number of halogens is 2. The third kappa shape index (κ3) is 3.93. The highest BCUT2D eigenvalue weighted by Crippen LogP contribution is 2.28. The number of nitrogens with zero attached hydrogens (tertiary/aromatic N) is 1. The van der Waals surface area contributed by atoms with Crippen molar-refractivity contribution in [2.24, 2.45) is 0 Å². The molecule has 0 atom stereocenters. The zero-order chi connectivity index (χ0) is 13.7. The van der Waals surface area contributed by atoms with E-state index in [4.69, 9.17) is 23.2 Å². The molecule has 0 amide bonds. The van der Waals surface area contributed by atoms with E-state index in [1.165, 1.54) is 0 Å². The third-order valence-corrected chi connectivity index (χ3v) is 3.54. The highest BCUT2D eigenvalue weighted by Gasteiger charge is 2.03. The average Bonchev–Trinajstić information content (AvgIpc) is 2.43. The fraction of sp³-hybridized carbons (Fsp3) is 0.267. The molecule has 1 N–H and O–H groups in total. The first-order valence-corrected chi connectivity index (χ1v) is 7.06. The molecule has 0 unspecified atom stereocenters. The normalized spacial score (nSPS) is 10.7. The second-order valence-electron chi connectivity index (χ2n) is 4.39. The van der Waals surface area contributed by atoms with Gasteiger partial charge in [-0.1, -0.05) is 36.2 Å². The van der Waals surface area contributed by atoms with Crippen molar-refractivity contribution < 1.29 is 0 Å². The number of pyridine rings is 1. The van der Waals surface area contributed by atoms with E-state index >= 15 is 0 Å². The lowest BCUT2D eigenvalue weighted by Crippen LogP contribution is -2.13. The third-order valence-electron chi connectivity index (χ3n) is 2.80. The molecule has 0 aliphatic carbocycles. The minimum absolute atomic E-state index is 0.564. The number of aromatic nitrogens is 1. The molecule has 2 aromatic rings. The summed E-state index contributed by atoms with van der Waals surface area (Å²) in [6.45, 7) is 3.99. The van der Waals surface area contributed by atoms with Crippen LogP contribution in [-0.4, -0.2) is 11.5 Å². The Hall–Kier alpha value is -1.09. The van der Waals surface area contributed by atoms with Crippen molar-refractivity contribution in [2.75, 3.05) is 6.54 Å². The predicted molar refractivity (Wildman–Crippen MR) is 81.7 cm³/mol. The first-order chi connectivity index (χ1) is 9.20. The Bertz CT molecular complexity index is 556. The van der Waals surface area contributed by atoms with Crippen LogP contribution in [0.15, 0.2) is 36.7 Å². The first kappa shape index (κ1) is 14.3. The lowest BCUT2D eigenvalue weighted by Gasteiger charge is -2.07. The molecule has 0 fully saturated rings. The molecule has 4 heteroatoms. The molecule has 19 heavy (non-hydrogen) atoms. The van der Waals surface area contributed by atoms with E-state index in [-0.39, 0.29) is 0 Å². The minimum atomic E-state index is 0.564. The summed E-state index contributed by atoms with van der Waals surface area (Å²) >= 11 is 12.0. The summed E-state index contributed by atoms with van der Waals surface area (Å²) in [5.74, 6) is 0. The van der Waals surface area contributed by atoms with Crippen LogP contribution in [-0.2, 0) is 6.54 Å². The zero-order valence-corrected chi connectivity index (χ0v) is 12.3. The van der Waals surface area contributed by atoms with Crippen LogP contribution in [0.1, 0.15) is 18.9 Å². The highest BCUT2D eigenvalue weighted by atomic mass is 35.5. The van der Waals surface area contributed by atoms with Crippen LogP contribution in [0.4, 0.5) is 0 Å². The van der Waals surface area contributed by atoms with Gasteiger partial charge < -0.3 is 5.32 Å². The van der Waals surface area contributed by atoms with Gasteiger partial charge in [0.15, 0.2) is 0 Å². The van der Waals surface area contributed by atoms with E-state index in [0.717, 1.165) is 36.2 Å². The van der Waals surface area contributed by atoms with Gasteiger partial charge in [-0.3, -0.25) is 4.98 Å². The van der Waals surface area contributed by atoms with Gasteiger partial charge in [-0.25, -0.2) is 0 Å². The second-order valence-corrected chi connectivity index (χ2v) is 5.20. The molecule has 2 rings (SSSR count). The lowest BCUT2D eigenvalue weighted by atomic mass is 10.1. The molecular formula is C15H16Cl2N2. The summed E-state index contributed by atoms with van der Waals surface area (Å²) < 4.78 is 0. The van der Waals surface area contributed by atoms with E-state index in [1.807, 2.05) is 24.5 Å². The number of rotatable bonds is 5. The molecule has 0 radical (unpaired) electrons. The van der Waals surface area contributed by atoms with Gasteiger partial charge >= 0.3 is 0 Å². The highest BCUT2D eigenvalue weighted by molar-refractivity contribution is 6.42. The Morgan fingerprint density at radius 1 is 1.05 bits per heavy atom. The maximum absolute atomic E-state index is 6.04. The maximum atomic E-state index is 6.04. The Kier molecular flexibility index (Phi) is 5.20. The standard InChI is InChI=1S/C15H16Cl2N2/c1-2-5-18-8-11-6-13(10-19-9-11)12-3-4-14(16)15(17)7-12/h3-4,6-7,9-10,18H,2,5,8H2,1H3. The summed E-state index contributed by atoms with van der Waals surface area (Å²) in [5, 5.41) is 4.50. The van der Waals surface area contributed by atoms with Crippen molar-refractivity contribution in [2.45, 2.75) is 19.9 Å². The summed E-state index contributed by atoms with van der Waals surface area (Å²) in [5.41, 5.74) is 3.24. The molecule has 1 heterocycles. The van der Waals surface area contributed by atoms with Gasteiger partial charge in [-0.05, 0) is 42.3 Å². The first-order valence-electron chi connectivity index (χ1n) is 6.30. The van der Waals surface area contributed by atoms with Crippen LogP contribution in [0.3, 0.4) is 0 Å². The number of hydrogen-bond acceptors (Lipinski definition) is 2. The molecular weight excluding hydrogens is 279 g/mol. The smallest absolute Gasteiger partial charge is 0.0598 e. The Morgan fingerprint density at radius 3 is 2.63 bits per heavy atom. The van der Waals surface area contributed by atoms with Gasteiger partial charge in [-0.2, -0.15) is 0 Å². The molecule has 1 aromatic heterocycles. The minimum Gasteiger partial charge on any atom is -0.313 e. The summed E-state index contributed by atoms with van der Waals surface area (Å²) in [7, 11) is 0. The molecule has 100 valence electrons. The van der Waals surface area contributed by atoms with Gasteiger partial charge in [0.25, 0.3) is 0 Å². The van der Waals surface area contributed by atoms with Crippen LogP contribution in [0.25, 0.3) is 11.1 Å². The molecule has 0 saturated carbocycles. The summed E-state index contributed by atoms with van der Waals surface area (Å²) in [6, 6.07) is 7.75. The summed E-state index contributed by atoms with van der Waals surface area (Å²) in [6.07, 6.45) is 4.84. The number of hydrogen-bond donors (Lipinski definition) is 1. The molecule has 0 aliphatic rings. The Balaban J connectivity index is 2.19. The largest absolute Gasteiger partial charge is 0.313 e. The fourth-order valence-electron chi connectivity index (χ4n) is 1.83. The van der Waals surface area contributed by atoms with Gasteiger partial charge in [-0.15, -0.1) is 0 Å². The van der Waals surface area contributed by atoms with E-state index < -0.39 is 0 Å². The topological polar surface area (TPSA) is 24.9 Å². The van der Waals surface area contributed by atoms with Crippen molar-refractivity contribution in [3.63, 3.8) is 0 Å². The molecule has 0 aliphatic heterocycles. The Morgan fingerprint density at radius 2 is 1.89 bits per heavy atom. The van der Waals surface area contributed by atoms with Crippen molar-refractivity contribution in [1.29, 1.82) is 0 Å². The van der Waals surface area contributed by atoms with Crippen LogP contribution < -0.4 is 5.32 Å². The molecule has 0 spiro atoms. The lowest BCUT2D eigenvalue weighted by molar-refractivity contribution is 0.674. The molecule has 1 aromatic carbocycles. The van der Waals surface area contributed by atoms with Crippen LogP contribution in [0.2, 0.25) is 10.0 Å². The van der Waals surface area contributed by atoms with Crippen molar-refractivity contribution >= 4 is 23.2 Å². The average molecular weight is 295 g/mol. The van der Waals surface area contributed by atoms with E-state index in [1.54, 1.807) is 6.07 Å². The number of nitrogens with one attached hydrogen (secondary N) is 1. The fourth-order valence-corrected chi connectivity index (χ4v) is 2.13.